The maximum atomic E-state index is 11.7. The molecule has 2 N–H and O–H groups in total. The third-order valence-electron chi connectivity index (χ3n) is 2.43. The highest BCUT2D eigenvalue weighted by Gasteiger charge is 2.25. The second-order valence-electron chi connectivity index (χ2n) is 4.24. The van der Waals surface area contributed by atoms with Crippen molar-refractivity contribution in [2.75, 3.05) is 10.6 Å². The van der Waals surface area contributed by atoms with Crippen molar-refractivity contribution in [3.05, 3.63) is 18.5 Å². The van der Waals surface area contributed by atoms with Crippen molar-refractivity contribution in [1.29, 1.82) is 0 Å². The van der Waals surface area contributed by atoms with Gasteiger partial charge in [0.1, 0.15) is 6.04 Å². The van der Waals surface area contributed by atoms with Crippen LogP contribution in [0.1, 0.15) is 20.3 Å². The van der Waals surface area contributed by atoms with Crippen molar-refractivity contribution in [2.45, 2.75) is 26.3 Å². The van der Waals surface area contributed by atoms with Gasteiger partial charge in [-0.3, -0.25) is 9.78 Å². The van der Waals surface area contributed by atoms with Gasteiger partial charge in [-0.25, -0.2) is 0 Å². The Morgan fingerprint density at radius 3 is 3.00 bits per heavy atom. The standard InChI is InChI=1S/C11H15N3O/c1-7(2)5-9-11(15)14-10-6-12-4-3-8(10)13-9/h3-4,6-7,9,13H,5H2,1-2H3,(H,14,15). The molecule has 0 saturated heterocycles. The third-order valence-corrected chi connectivity index (χ3v) is 2.43. The highest BCUT2D eigenvalue weighted by Crippen LogP contribution is 2.26. The van der Waals surface area contributed by atoms with Gasteiger partial charge in [0.2, 0.25) is 5.91 Å². The molecular weight excluding hydrogens is 190 g/mol. The largest absolute Gasteiger partial charge is 0.372 e. The summed E-state index contributed by atoms with van der Waals surface area (Å²) < 4.78 is 0. The SMILES string of the molecule is CC(C)CC1Nc2ccncc2NC1=O. The average Bonchev–Trinajstić information content (AvgIpc) is 2.18. The normalized spacial score (nSPS) is 19.4. The number of hydrogen-bond acceptors (Lipinski definition) is 3. The van der Waals surface area contributed by atoms with Gasteiger partial charge in [-0.2, -0.15) is 0 Å². The predicted molar refractivity (Wildman–Crippen MR) is 59.7 cm³/mol. The second kappa shape index (κ2) is 3.88. The summed E-state index contributed by atoms with van der Waals surface area (Å²) in [7, 11) is 0. The van der Waals surface area contributed by atoms with E-state index in [2.05, 4.69) is 29.5 Å². The maximum absolute atomic E-state index is 11.7. The first-order valence-corrected chi connectivity index (χ1v) is 5.18. The summed E-state index contributed by atoms with van der Waals surface area (Å²) >= 11 is 0. The summed E-state index contributed by atoms with van der Waals surface area (Å²) in [4.78, 5) is 15.7. The Labute approximate surface area is 89.1 Å². The first-order valence-electron chi connectivity index (χ1n) is 5.18. The van der Waals surface area contributed by atoms with Crippen molar-refractivity contribution in [1.82, 2.24) is 4.98 Å². The summed E-state index contributed by atoms with van der Waals surface area (Å²) in [5.41, 5.74) is 1.72. The van der Waals surface area contributed by atoms with Crippen LogP contribution in [0.15, 0.2) is 18.5 Å². The molecular formula is C11H15N3O. The van der Waals surface area contributed by atoms with E-state index in [0.29, 0.717) is 5.92 Å². The van der Waals surface area contributed by atoms with Gasteiger partial charge >= 0.3 is 0 Å². The number of carbonyl (C=O) groups excluding carboxylic acids is 1. The van der Waals surface area contributed by atoms with E-state index in [9.17, 15) is 4.79 Å². The molecule has 0 aliphatic carbocycles. The van der Waals surface area contributed by atoms with Crippen LogP contribution in [0, 0.1) is 5.92 Å². The second-order valence-corrected chi connectivity index (χ2v) is 4.24. The minimum absolute atomic E-state index is 0.0317. The number of nitrogens with one attached hydrogen (secondary N) is 2. The van der Waals surface area contributed by atoms with E-state index in [1.54, 1.807) is 12.4 Å². The van der Waals surface area contributed by atoms with Gasteiger partial charge in [-0.1, -0.05) is 13.8 Å². The fraction of sp³-hybridized carbons (Fsp3) is 0.455. The number of pyridine rings is 1. The van der Waals surface area contributed by atoms with Gasteiger partial charge in [0.05, 0.1) is 17.6 Å². The number of rotatable bonds is 2. The lowest BCUT2D eigenvalue weighted by atomic mass is 10.0. The lowest BCUT2D eigenvalue weighted by Gasteiger charge is -2.27. The minimum Gasteiger partial charge on any atom is -0.372 e. The van der Waals surface area contributed by atoms with Crippen LogP contribution >= 0.6 is 0 Å². The van der Waals surface area contributed by atoms with E-state index in [4.69, 9.17) is 0 Å². The van der Waals surface area contributed by atoms with Crippen molar-refractivity contribution >= 4 is 17.3 Å². The molecule has 15 heavy (non-hydrogen) atoms. The molecule has 4 heteroatoms. The highest BCUT2D eigenvalue weighted by molar-refractivity contribution is 6.02. The number of amides is 1. The maximum Gasteiger partial charge on any atom is 0.246 e. The van der Waals surface area contributed by atoms with Crippen molar-refractivity contribution < 1.29 is 4.79 Å². The zero-order valence-electron chi connectivity index (χ0n) is 8.95. The zero-order chi connectivity index (χ0) is 10.8. The lowest BCUT2D eigenvalue weighted by Crippen LogP contribution is -2.39. The molecule has 1 aliphatic rings. The first-order chi connectivity index (χ1) is 7.16. The van der Waals surface area contributed by atoms with E-state index in [-0.39, 0.29) is 11.9 Å². The highest BCUT2D eigenvalue weighted by atomic mass is 16.2. The Balaban J connectivity index is 2.18. The molecule has 0 fully saturated rings. The van der Waals surface area contributed by atoms with E-state index < -0.39 is 0 Å². The summed E-state index contributed by atoms with van der Waals surface area (Å²) in [5, 5.41) is 6.08. The Kier molecular flexibility index (Phi) is 2.58. The number of anilines is 2. The fourth-order valence-corrected chi connectivity index (χ4v) is 1.73. The van der Waals surface area contributed by atoms with Crippen LogP contribution in [-0.2, 0) is 4.79 Å². The van der Waals surface area contributed by atoms with Crippen LogP contribution in [0.25, 0.3) is 0 Å². The Morgan fingerprint density at radius 1 is 1.47 bits per heavy atom. The summed E-state index contributed by atoms with van der Waals surface area (Å²) in [6.45, 7) is 4.22. The number of nitrogens with zero attached hydrogens (tertiary/aromatic N) is 1. The molecule has 1 atom stereocenters. The summed E-state index contributed by atoms with van der Waals surface area (Å²) in [6.07, 6.45) is 4.22. The van der Waals surface area contributed by atoms with Gasteiger partial charge in [-0.05, 0) is 18.4 Å². The van der Waals surface area contributed by atoms with E-state index in [0.717, 1.165) is 17.8 Å². The molecule has 1 aromatic rings. The molecule has 0 saturated carbocycles. The van der Waals surface area contributed by atoms with E-state index >= 15 is 0 Å². The molecule has 1 amide bonds. The average molecular weight is 205 g/mol. The van der Waals surface area contributed by atoms with E-state index in [1.807, 2.05) is 6.07 Å². The van der Waals surface area contributed by atoms with Crippen LogP contribution in [0.3, 0.4) is 0 Å². The van der Waals surface area contributed by atoms with Gasteiger partial charge in [-0.15, -0.1) is 0 Å². The van der Waals surface area contributed by atoms with Crippen molar-refractivity contribution in [3.63, 3.8) is 0 Å². The molecule has 1 aliphatic heterocycles. The van der Waals surface area contributed by atoms with E-state index in [1.165, 1.54) is 0 Å². The molecule has 4 nitrogen and oxygen atoms in total. The summed E-state index contributed by atoms with van der Waals surface area (Å²) in [6, 6.07) is 1.75. The van der Waals surface area contributed by atoms with Crippen LogP contribution in [0.5, 0.6) is 0 Å². The number of hydrogen-bond donors (Lipinski definition) is 2. The Bertz CT molecular complexity index is 376. The molecule has 1 aromatic heterocycles. The molecule has 2 rings (SSSR count). The van der Waals surface area contributed by atoms with Crippen molar-refractivity contribution in [3.8, 4) is 0 Å². The Morgan fingerprint density at radius 2 is 2.27 bits per heavy atom. The van der Waals surface area contributed by atoms with Gasteiger partial charge in [0.25, 0.3) is 0 Å². The number of fused-ring (bicyclic) bond motifs is 1. The van der Waals surface area contributed by atoms with Crippen molar-refractivity contribution in [2.24, 2.45) is 5.92 Å². The molecule has 0 radical (unpaired) electrons. The molecule has 0 bridgehead atoms. The monoisotopic (exact) mass is 205 g/mol. The third kappa shape index (κ3) is 2.09. The number of aromatic nitrogens is 1. The Hall–Kier alpha value is -1.58. The quantitative estimate of drug-likeness (QED) is 0.774. The first kappa shape index (κ1) is 9.96. The summed E-state index contributed by atoms with van der Waals surface area (Å²) in [5.74, 6) is 0.529. The van der Waals surface area contributed by atoms with Crippen LogP contribution in [-0.4, -0.2) is 16.9 Å². The molecule has 2 heterocycles. The van der Waals surface area contributed by atoms with Gasteiger partial charge in [0, 0.05) is 6.20 Å². The molecule has 0 aromatic carbocycles. The smallest absolute Gasteiger partial charge is 0.246 e. The lowest BCUT2D eigenvalue weighted by molar-refractivity contribution is -0.117. The molecule has 1 unspecified atom stereocenters. The van der Waals surface area contributed by atoms with Crippen LogP contribution in [0.4, 0.5) is 11.4 Å². The topological polar surface area (TPSA) is 54.0 Å². The van der Waals surface area contributed by atoms with Gasteiger partial charge < -0.3 is 10.6 Å². The van der Waals surface area contributed by atoms with Crippen LogP contribution in [0.2, 0.25) is 0 Å². The predicted octanol–water partition coefficient (Wildman–Crippen LogP) is 1.86. The number of carbonyl (C=O) groups is 1. The zero-order valence-corrected chi connectivity index (χ0v) is 8.95. The minimum atomic E-state index is -0.125. The fourth-order valence-electron chi connectivity index (χ4n) is 1.73. The van der Waals surface area contributed by atoms with Gasteiger partial charge in [0.15, 0.2) is 0 Å². The van der Waals surface area contributed by atoms with Crippen LogP contribution < -0.4 is 10.6 Å². The molecule has 80 valence electrons. The molecule has 0 spiro atoms.